The number of aromatic nitrogens is 3. The maximum absolute atomic E-state index is 4.39. The SMILES string of the molecule is CCCNc1ncnc(Sc2ccccn2)c1CC. The molecule has 0 fully saturated rings. The van der Waals surface area contributed by atoms with Gasteiger partial charge >= 0.3 is 0 Å². The van der Waals surface area contributed by atoms with Crippen LogP contribution in [0.5, 0.6) is 0 Å². The average molecular weight is 274 g/mol. The second kappa shape index (κ2) is 7.09. The van der Waals surface area contributed by atoms with Crippen LogP contribution in [0.15, 0.2) is 40.8 Å². The molecule has 0 aromatic carbocycles. The first kappa shape index (κ1) is 13.8. The summed E-state index contributed by atoms with van der Waals surface area (Å²) in [6, 6.07) is 5.89. The fourth-order valence-corrected chi connectivity index (χ4v) is 2.63. The summed E-state index contributed by atoms with van der Waals surface area (Å²) in [7, 11) is 0. The quantitative estimate of drug-likeness (QED) is 0.818. The first-order valence-corrected chi connectivity index (χ1v) is 7.33. The minimum atomic E-state index is 0.905. The van der Waals surface area contributed by atoms with Gasteiger partial charge in [-0.2, -0.15) is 0 Å². The lowest BCUT2D eigenvalue weighted by molar-refractivity contribution is 0.909. The Morgan fingerprint density at radius 1 is 1.16 bits per heavy atom. The maximum atomic E-state index is 4.39. The van der Waals surface area contributed by atoms with Crippen LogP contribution in [0.2, 0.25) is 0 Å². The van der Waals surface area contributed by atoms with E-state index in [1.807, 2.05) is 18.2 Å². The Hall–Kier alpha value is -1.62. The molecular weight excluding hydrogens is 256 g/mol. The lowest BCUT2D eigenvalue weighted by Gasteiger charge is -2.11. The monoisotopic (exact) mass is 274 g/mol. The largest absolute Gasteiger partial charge is 0.370 e. The summed E-state index contributed by atoms with van der Waals surface area (Å²) in [5, 5.41) is 5.29. The highest BCUT2D eigenvalue weighted by atomic mass is 32.2. The second-order valence-corrected chi connectivity index (χ2v) is 5.07. The predicted molar refractivity (Wildman–Crippen MR) is 78.6 cm³/mol. The van der Waals surface area contributed by atoms with Crippen LogP contribution in [0.25, 0.3) is 0 Å². The number of hydrogen-bond acceptors (Lipinski definition) is 5. The molecule has 0 unspecified atom stereocenters. The van der Waals surface area contributed by atoms with Crippen LogP contribution >= 0.6 is 11.8 Å². The van der Waals surface area contributed by atoms with Crippen LogP contribution in [0.4, 0.5) is 5.82 Å². The molecule has 0 aliphatic carbocycles. The van der Waals surface area contributed by atoms with Gasteiger partial charge in [-0.05, 0) is 36.7 Å². The number of anilines is 1. The van der Waals surface area contributed by atoms with Crippen LogP contribution in [0, 0.1) is 0 Å². The molecule has 0 aliphatic rings. The van der Waals surface area contributed by atoms with Gasteiger partial charge in [-0.15, -0.1) is 0 Å². The molecule has 2 rings (SSSR count). The van der Waals surface area contributed by atoms with E-state index >= 15 is 0 Å². The van der Waals surface area contributed by atoms with Gasteiger partial charge in [0.15, 0.2) is 0 Å². The molecule has 0 spiro atoms. The molecular formula is C14H18N4S. The Morgan fingerprint density at radius 3 is 2.74 bits per heavy atom. The highest BCUT2D eigenvalue weighted by Gasteiger charge is 2.11. The molecule has 5 heteroatoms. The van der Waals surface area contributed by atoms with Crippen LogP contribution in [0.1, 0.15) is 25.8 Å². The number of rotatable bonds is 6. The highest BCUT2D eigenvalue weighted by Crippen LogP contribution is 2.30. The first-order valence-electron chi connectivity index (χ1n) is 6.51. The molecule has 1 N–H and O–H groups in total. The van der Waals surface area contributed by atoms with E-state index in [0.29, 0.717) is 0 Å². The van der Waals surface area contributed by atoms with E-state index in [1.54, 1.807) is 24.3 Å². The summed E-state index contributed by atoms with van der Waals surface area (Å²) in [4.78, 5) is 13.0. The molecule has 0 atom stereocenters. The smallest absolute Gasteiger partial charge is 0.133 e. The first-order chi connectivity index (χ1) is 9.35. The van der Waals surface area contributed by atoms with Gasteiger partial charge in [0.1, 0.15) is 22.2 Å². The van der Waals surface area contributed by atoms with Crippen molar-refractivity contribution in [3.63, 3.8) is 0 Å². The minimum absolute atomic E-state index is 0.905. The molecule has 0 radical (unpaired) electrons. The molecule has 0 aliphatic heterocycles. The van der Waals surface area contributed by atoms with Crippen LogP contribution < -0.4 is 5.32 Å². The summed E-state index contributed by atoms with van der Waals surface area (Å²) in [6.45, 7) is 5.19. The van der Waals surface area contributed by atoms with Gasteiger partial charge in [0.2, 0.25) is 0 Å². The molecule has 2 aromatic heterocycles. The maximum Gasteiger partial charge on any atom is 0.133 e. The van der Waals surface area contributed by atoms with Crippen molar-refractivity contribution in [2.24, 2.45) is 0 Å². The number of nitrogens with zero attached hydrogens (tertiary/aromatic N) is 3. The molecule has 100 valence electrons. The zero-order chi connectivity index (χ0) is 13.5. The summed E-state index contributed by atoms with van der Waals surface area (Å²) in [6.07, 6.45) is 5.39. The lowest BCUT2D eigenvalue weighted by Crippen LogP contribution is -2.07. The van der Waals surface area contributed by atoms with Crippen molar-refractivity contribution < 1.29 is 0 Å². The summed E-state index contributed by atoms with van der Waals surface area (Å²) < 4.78 is 0. The Kier molecular flexibility index (Phi) is 5.15. The fourth-order valence-electron chi connectivity index (χ4n) is 1.71. The van der Waals surface area contributed by atoms with Gasteiger partial charge in [-0.1, -0.05) is 19.9 Å². The Labute approximate surface area is 118 Å². The normalized spacial score (nSPS) is 10.4. The summed E-state index contributed by atoms with van der Waals surface area (Å²) >= 11 is 1.58. The molecule has 0 saturated heterocycles. The van der Waals surface area contributed by atoms with E-state index in [-0.39, 0.29) is 0 Å². The van der Waals surface area contributed by atoms with Gasteiger partial charge in [0.05, 0.1) is 0 Å². The van der Waals surface area contributed by atoms with Crippen molar-refractivity contribution in [3.8, 4) is 0 Å². The standard InChI is InChI=1S/C14H18N4S/c1-3-8-16-13-11(4-2)14(18-10-17-13)19-12-7-5-6-9-15-12/h5-7,9-10H,3-4,8H2,1-2H3,(H,16,17,18). The third-order valence-electron chi connectivity index (χ3n) is 2.64. The van der Waals surface area contributed by atoms with Crippen LogP contribution in [0.3, 0.4) is 0 Å². The number of pyridine rings is 1. The lowest BCUT2D eigenvalue weighted by atomic mass is 10.2. The van der Waals surface area contributed by atoms with Gasteiger partial charge in [0.25, 0.3) is 0 Å². The minimum Gasteiger partial charge on any atom is -0.370 e. The molecule has 19 heavy (non-hydrogen) atoms. The second-order valence-electron chi connectivity index (χ2n) is 4.06. The van der Waals surface area contributed by atoms with E-state index < -0.39 is 0 Å². The van der Waals surface area contributed by atoms with Crippen molar-refractivity contribution in [2.75, 3.05) is 11.9 Å². The van der Waals surface area contributed by atoms with Crippen LogP contribution in [-0.4, -0.2) is 21.5 Å². The topological polar surface area (TPSA) is 50.7 Å². The van der Waals surface area contributed by atoms with Gasteiger partial charge in [0, 0.05) is 18.3 Å². The highest BCUT2D eigenvalue weighted by molar-refractivity contribution is 7.99. The van der Waals surface area contributed by atoms with E-state index in [0.717, 1.165) is 40.8 Å². The molecule has 4 nitrogen and oxygen atoms in total. The zero-order valence-electron chi connectivity index (χ0n) is 11.3. The molecule has 2 aromatic rings. The van der Waals surface area contributed by atoms with Crippen LogP contribution in [-0.2, 0) is 6.42 Å². The Morgan fingerprint density at radius 2 is 2.05 bits per heavy atom. The van der Waals surface area contributed by atoms with Crippen molar-refractivity contribution >= 4 is 17.6 Å². The van der Waals surface area contributed by atoms with Gasteiger partial charge < -0.3 is 5.32 Å². The van der Waals surface area contributed by atoms with Gasteiger partial charge in [-0.25, -0.2) is 15.0 Å². The summed E-state index contributed by atoms with van der Waals surface area (Å²) in [5.41, 5.74) is 1.16. The summed E-state index contributed by atoms with van der Waals surface area (Å²) in [5.74, 6) is 0.942. The fraction of sp³-hybridized carbons (Fsp3) is 0.357. The molecule has 0 bridgehead atoms. The molecule has 2 heterocycles. The number of nitrogens with one attached hydrogen (secondary N) is 1. The predicted octanol–water partition coefficient (Wildman–Crippen LogP) is 3.41. The molecule has 0 saturated carbocycles. The van der Waals surface area contributed by atoms with Crippen molar-refractivity contribution in [1.29, 1.82) is 0 Å². The zero-order valence-corrected chi connectivity index (χ0v) is 12.1. The molecule has 0 amide bonds. The van der Waals surface area contributed by atoms with Crippen molar-refractivity contribution in [3.05, 3.63) is 36.3 Å². The van der Waals surface area contributed by atoms with E-state index in [1.165, 1.54) is 0 Å². The third kappa shape index (κ3) is 3.67. The number of hydrogen-bond donors (Lipinski definition) is 1. The van der Waals surface area contributed by atoms with E-state index in [4.69, 9.17) is 0 Å². The Bertz CT molecular complexity index is 516. The third-order valence-corrected chi connectivity index (χ3v) is 3.64. The van der Waals surface area contributed by atoms with E-state index in [2.05, 4.69) is 34.1 Å². The Balaban J connectivity index is 2.24. The van der Waals surface area contributed by atoms with E-state index in [9.17, 15) is 0 Å². The van der Waals surface area contributed by atoms with Crippen molar-refractivity contribution in [1.82, 2.24) is 15.0 Å². The van der Waals surface area contributed by atoms with Gasteiger partial charge in [-0.3, -0.25) is 0 Å². The average Bonchev–Trinajstić information content (AvgIpc) is 2.46. The van der Waals surface area contributed by atoms with Crippen molar-refractivity contribution in [2.45, 2.75) is 36.7 Å².